The first-order chi connectivity index (χ1) is 7.35. The second-order valence-electron chi connectivity index (χ2n) is 2.90. The van der Waals surface area contributed by atoms with E-state index >= 15 is 0 Å². The monoisotopic (exact) mass is 268 g/mol. The minimum atomic E-state index is -4.08. The second-order valence-corrected chi connectivity index (χ2v) is 6.37. The molecule has 92 valence electrons. The van der Waals surface area contributed by atoms with E-state index in [1.807, 2.05) is 0 Å². The molecule has 16 heavy (non-hydrogen) atoms. The highest BCUT2D eigenvalue weighted by Gasteiger charge is 2.10. The Morgan fingerprint density at radius 1 is 1.56 bits per heavy atom. The highest BCUT2D eigenvalue weighted by molar-refractivity contribution is 8.69. The van der Waals surface area contributed by atoms with Crippen LogP contribution < -0.4 is 11.5 Å². The summed E-state index contributed by atoms with van der Waals surface area (Å²) in [6.45, 7) is 1.86. The van der Waals surface area contributed by atoms with E-state index in [-0.39, 0.29) is 12.3 Å². The predicted molar refractivity (Wildman–Crippen MR) is 60.0 cm³/mol. The summed E-state index contributed by atoms with van der Waals surface area (Å²) in [4.78, 5) is 11.4. The van der Waals surface area contributed by atoms with Crippen LogP contribution in [0, 0.1) is 0 Å². The van der Waals surface area contributed by atoms with Gasteiger partial charge in [-0.25, -0.2) is 9.48 Å². The summed E-state index contributed by atoms with van der Waals surface area (Å²) in [5, 5.41) is 3.90. The number of hydrogen-bond acceptors (Lipinski definition) is 6. The fraction of sp³-hybridized carbons (Fsp3) is 0.667. The zero-order valence-electron chi connectivity index (χ0n) is 8.53. The summed E-state index contributed by atoms with van der Waals surface area (Å²) in [7, 11) is -3.74. The number of nitrogen functional groups attached to an aromatic ring is 1. The van der Waals surface area contributed by atoms with Crippen LogP contribution in [0.25, 0.3) is 0 Å². The Bertz CT molecular complexity index is 517. The third-order valence-corrected chi connectivity index (χ3v) is 3.83. The van der Waals surface area contributed by atoms with Crippen molar-refractivity contribution in [1.29, 1.82) is 0 Å². The van der Waals surface area contributed by atoms with Gasteiger partial charge in [0.1, 0.15) is 0 Å². The molecule has 0 aliphatic heterocycles. The van der Waals surface area contributed by atoms with Crippen molar-refractivity contribution in [2.45, 2.75) is 19.9 Å². The summed E-state index contributed by atoms with van der Waals surface area (Å²) in [6.07, 6.45) is 0.504. The first-order valence-corrected chi connectivity index (χ1v) is 7.35. The summed E-state index contributed by atoms with van der Waals surface area (Å²) in [5.41, 5.74) is -0.507. The van der Waals surface area contributed by atoms with Gasteiger partial charge in [0.2, 0.25) is 0 Å². The molecular weight excluding hydrogens is 256 g/mol. The fourth-order valence-corrected chi connectivity index (χ4v) is 2.39. The van der Waals surface area contributed by atoms with E-state index in [1.54, 1.807) is 6.92 Å². The average molecular weight is 268 g/mol. The van der Waals surface area contributed by atoms with Crippen molar-refractivity contribution in [2.75, 3.05) is 11.6 Å². The molecule has 0 fully saturated rings. The van der Waals surface area contributed by atoms with Gasteiger partial charge in [-0.1, -0.05) is 6.92 Å². The van der Waals surface area contributed by atoms with E-state index in [9.17, 15) is 13.2 Å². The Morgan fingerprint density at radius 3 is 2.62 bits per heavy atom. The zero-order valence-corrected chi connectivity index (χ0v) is 10.2. The quantitative estimate of drug-likeness (QED) is 0.393. The van der Waals surface area contributed by atoms with Crippen molar-refractivity contribution in [3.8, 4) is 0 Å². The zero-order chi connectivity index (χ0) is 12.3. The minimum absolute atomic E-state index is 0.0267. The topological polar surface area (TPSA) is 120 Å². The van der Waals surface area contributed by atoms with Crippen LogP contribution in [-0.2, 0) is 22.1 Å². The van der Waals surface area contributed by atoms with E-state index in [0.29, 0.717) is 23.0 Å². The Balaban J connectivity index is 2.72. The van der Waals surface area contributed by atoms with Crippen molar-refractivity contribution < 1.29 is 13.0 Å². The molecule has 1 rings (SSSR count). The van der Waals surface area contributed by atoms with Crippen molar-refractivity contribution in [3.05, 3.63) is 16.3 Å². The van der Waals surface area contributed by atoms with Crippen LogP contribution >= 0.6 is 10.8 Å². The van der Waals surface area contributed by atoms with Crippen molar-refractivity contribution in [1.82, 2.24) is 14.5 Å². The van der Waals surface area contributed by atoms with Crippen LogP contribution in [0.4, 0.5) is 0 Å². The molecule has 0 unspecified atom stereocenters. The average Bonchev–Trinajstić information content (AvgIpc) is 2.44. The second kappa shape index (κ2) is 4.89. The normalized spacial score (nSPS) is 11.9. The lowest BCUT2D eigenvalue weighted by molar-refractivity contribution is 0.502. The summed E-state index contributed by atoms with van der Waals surface area (Å²) in [6, 6.07) is 0. The van der Waals surface area contributed by atoms with Gasteiger partial charge < -0.3 is 5.84 Å². The summed E-state index contributed by atoms with van der Waals surface area (Å²) < 4.78 is 31.3. The van der Waals surface area contributed by atoms with Crippen LogP contribution in [0.5, 0.6) is 0 Å². The first kappa shape index (κ1) is 13.1. The number of aromatic nitrogens is 3. The molecule has 0 aliphatic carbocycles. The van der Waals surface area contributed by atoms with Gasteiger partial charge in [0.25, 0.3) is 0 Å². The third-order valence-electron chi connectivity index (χ3n) is 1.79. The molecule has 0 amide bonds. The lowest BCUT2D eigenvalue weighted by Gasteiger charge is -1.96. The molecule has 1 heterocycles. The molecule has 0 atom stereocenters. The van der Waals surface area contributed by atoms with Crippen molar-refractivity contribution >= 4 is 19.9 Å². The molecule has 8 nitrogen and oxygen atoms in total. The lowest BCUT2D eigenvalue weighted by atomic mass is 10.5. The Morgan fingerprint density at radius 2 is 2.19 bits per heavy atom. The molecule has 0 saturated carbocycles. The molecular formula is C6H12N4O4S2. The summed E-state index contributed by atoms with van der Waals surface area (Å²) in [5.74, 6) is 5.86. The van der Waals surface area contributed by atoms with Crippen LogP contribution in [0.15, 0.2) is 4.79 Å². The molecule has 3 N–H and O–H groups in total. The van der Waals surface area contributed by atoms with E-state index in [1.165, 1.54) is 0 Å². The first-order valence-electron chi connectivity index (χ1n) is 4.40. The minimum Gasteiger partial charge on any atom is -0.333 e. The van der Waals surface area contributed by atoms with E-state index in [4.69, 9.17) is 10.4 Å². The smallest absolute Gasteiger partial charge is 0.333 e. The molecule has 0 bridgehead atoms. The maximum Gasteiger partial charge on any atom is 0.364 e. The highest BCUT2D eigenvalue weighted by atomic mass is 33.1. The lowest BCUT2D eigenvalue weighted by Crippen LogP contribution is -2.31. The van der Waals surface area contributed by atoms with Gasteiger partial charge in [0.15, 0.2) is 5.82 Å². The number of rotatable bonds is 5. The van der Waals surface area contributed by atoms with Gasteiger partial charge in [-0.05, 0) is 10.8 Å². The van der Waals surface area contributed by atoms with Gasteiger partial charge >= 0.3 is 14.8 Å². The molecule has 10 heteroatoms. The predicted octanol–water partition coefficient (Wildman–Crippen LogP) is -1.14. The standard InChI is InChI=1S/C6H12N4O4S2/c1-2-5-8-9(6(11)10(5)7)3-4-15-16(12,13)14/h2-4,7H2,1H3,(H,12,13,14). The summed E-state index contributed by atoms with van der Waals surface area (Å²) >= 11 is 0. The van der Waals surface area contributed by atoms with E-state index in [2.05, 4.69) is 5.10 Å². The maximum absolute atomic E-state index is 11.4. The molecule has 0 saturated heterocycles. The largest absolute Gasteiger partial charge is 0.364 e. The molecule has 1 aromatic rings. The molecule has 0 spiro atoms. The van der Waals surface area contributed by atoms with Crippen LogP contribution in [0.2, 0.25) is 0 Å². The highest BCUT2D eigenvalue weighted by Crippen LogP contribution is 2.08. The molecule has 0 aromatic carbocycles. The SMILES string of the molecule is CCc1nn(CCSS(=O)(=O)O)c(=O)n1N. The van der Waals surface area contributed by atoms with Gasteiger partial charge in [0, 0.05) is 12.2 Å². The van der Waals surface area contributed by atoms with Gasteiger partial charge in [-0.15, -0.1) is 0 Å². The number of aryl methyl sites for hydroxylation is 2. The van der Waals surface area contributed by atoms with Crippen LogP contribution in [0.1, 0.15) is 12.7 Å². The van der Waals surface area contributed by atoms with Gasteiger partial charge in [-0.3, -0.25) is 4.55 Å². The fourth-order valence-electron chi connectivity index (χ4n) is 1.08. The Labute approximate surface area is 95.6 Å². The molecule has 1 aromatic heterocycles. The molecule has 0 radical (unpaired) electrons. The van der Waals surface area contributed by atoms with E-state index in [0.717, 1.165) is 9.36 Å². The van der Waals surface area contributed by atoms with Gasteiger partial charge in [-0.2, -0.15) is 18.2 Å². The number of nitrogens with two attached hydrogens (primary N) is 1. The number of hydrogen-bond donors (Lipinski definition) is 2. The molecule has 0 aliphatic rings. The van der Waals surface area contributed by atoms with E-state index < -0.39 is 14.8 Å². The van der Waals surface area contributed by atoms with Crippen LogP contribution in [-0.4, -0.2) is 33.2 Å². The maximum atomic E-state index is 11.4. The third kappa shape index (κ3) is 3.25. The van der Waals surface area contributed by atoms with Gasteiger partial charge in [0.05, 0.1) is 6.54 Å². The van der Waals surface area contributed by atoms with Crippen LogP contribution in [0.3, 0.4) is 0 Å². The Hall–Kier alpha value is -1.00. The van der Waals surface area contributed by atoms with Crippen molar-refractivity contribution in [3.63, 3.8) is 0 Å². The number of nitrogens with zero attached hydrogens (tertiary/aromatic N) is 3. The van der Waals surface area contributed by atoms with Crippen molar-refractivity contribution in [2.24, 2.45) is 0 Å². The Kier molecular flexibility index (Phi) is 3.99.